The van der Waals surface area contributed by atoms with E-state index < -0.39 is 17.5 Å². The standard InChI is InChI=1S/C20H20ClFN6O2/c1-10-20(30-19(29)26-10)4-2-3-12(6-20)27-18-15(22)9-25-17(28-18)14-8-24-16-13(14)5-11(21)7-23-16/h5,7-10,12H,2-4,6H2,1H3,(H,23,24)(H,26,29)(H,25,27,28)/t10-,12+,20+/m1/s1. The maximum Gasteiger partial charge on any atom is 0.408 e. The van der Waals surface area contributed by atoms with Gasteiger partial charge in [-0.1, -0.05) is 11.6 Å². The second-order valence-electron chi connectivity index (χ2n) is 7.90. The molecule has 3 N–H and O–H groups in total. The molecular formula is C20H20ClFN6O2. The van der Waals surface area contributed by atoms with Crippen LogP contribution < -0.4 is 10.6 Å². The number of amides is 1. The first-order valence-corrected chi connectivity index (χ1v) is 10.2. The number of pyridine rings is 1. The van der Waals surface area contributed by atoms with E-state index in [4.69, 9.17) is 16.3 Å². The lowest BCUT2D eigenvalue weighted by Gasteiger charge is -2.38. The van der Waals surface area contributed by atoms with Gasteiger partial charge in [-0.3, -0.25) is 0 Å². The van der Waals surface area contributed by atoms with E-state index in [9.17, 15) is 9.18 Å². The minimum atomic E-state index is -0.571. The van der Waals surface area contributed by atoms with Crippen LogP contribution in [0.15, 0.2) is 24.7 Å². The fourth-order valence-electron chi connectivity index (χ4n) is 4.44. The Kier molecular flexibility index (Phi) is 4.50. The number of hydrogen-bond donors (Lipinski definition) is 3. The van der Waals surface area contributed by atoms with Gasteiger partial charge in [0.1, 0.15) is 11.2 Å². The number of fused-ring (bicyclic) bond motifs is 1. The first-order chi connectivity index (χ1) is 14.4. The van der Waals surface area contributed by atoms with E-state index in [2.05, 4.69) is 30.6 Å². The molecule has 3 atom stereocenters. The van der Waals surface area contributed by atoms with Crippen molar-refractivity contribution in [3.8, 4) is 11.4 Å². The fourth-order valence-corrected chi connectivity index (χ4v) is 4.60. The number of ether oxygens (including phenoxy) is 1. The van der Waals surface area contributed by atoms with Crippen LogP contribution >= 0.6 is 11.6 Å². The van der Waals surface area contributed by atoms with Gasteiger partial charge < -0.3 is 20.4 Å². The summed E-state index contributed by atoms with van der Waals surface area (Å²) in [5.74, 6) is -0.0534. The quantitative estimate of drug-likeness (QED) is 0.579. The summed E-state index contributed by atoms with van der Waals surface area (Å²) in [6.45, 7) is 1.94. The molecule has 3 aromatic heterocycles. The molecule has 0 radical (unpaired) electrons. The highest BCUT2D eigenvalue weighted by atomic mass is 35.5. The molecule has 4 heterocycles. The zero-order valence-electron chi connectivity index (χ0n) is 16.2. The first kappa shape index (κ1) is 19.0. The van der Waals surface area contributed by atoms with Crippen LogP contribution in [0.1, 0.15) is 32.6 Å². The number of carbonyl (C=O) groups is 1. The van der Waals surface area contributed by atoms with Gasteiger partial charge in [-0.05, 0) is 32.3 Å². The molecule has 1 spiro atoms. The number of nitrogens with zero attached hydrogens (tertiary/aromatic N) is 3. The molecule has 0 unspecified atom stereocenters. The Hall–Kier alpha value is -2.94. The maximum absolute atomic E-state index is 14.5. The summed E-state index contributed by atoms with van der Waals surface area (Å²) in [5.41, 5.74) is 0.764. The van der Waals surface area contributed by atoms with Crippen LogP contribution in [0, 0.1) is 5.82 Å². The molecule has 156 valence electrons. The third kappa shape index (κ3) is 3.23. The van der Waals surface area contributed by atoms with Crippen molar-refractivity contribution in [2.45, 2.75) is 50.3 Å². The van der Waals surface area contributed by atoms with Crippen molar-refractivity contribution in [1.82, 2.24) is 25.3 Å². The van der Waals surface area contributed by atoms with Gasteiger partial charge in [0.2, 0.25) is 0 Å². The van der Waals surface area contributed by atoms with Crippen molar-refractivity contribution in [3.63, 3.8) is 0 Å². The van der Waals surface area contributed by atoms with Crippen molar-refractivity contribution >= 4 is 34.5 Å². The minimum Gasteiger partial charge on any atom is -0.441 e. The van der Waals surface area contributed by atoms with Crippen molar-refractivity contribution in [2.75, 3.05) is 5.32 Å². The molecule has 0 aromatic carbocycles. The number of aromatic nitrogens is 4. The summed E-state index contributed by atoms with van der Waals surface area (Å²) in [7, 11) is 0. The lowest BCUT2D eigenvalue weighted by Crippen LogP contribution is -2.48. The number of aromatic amines is 1. The van der Waals surface area contributed by atoms with Crippen LogP contribution in [0.4, 0.5) is 15.0 Å². The molecule has 1 saturated carbocycles. The molecule has 1 aliphatic heterocycles. The SMILES string of the molecule is C[C@H]1NC(=O)O[C@]12CCC[C@H](Nc1nc(-c3c[nH]c4ncc(Cl)cc34)ncc1F)C2. The Labute approximate surface area is 176 Å². The van der Waals surface area contributed by atoms with Crippen LogP contribution in [0.2, 0.25) is 5.02 Å². The van der Waals surface area contributed by atoms with E-state index in [0.29, 0.717) is 28.5 Å². The number of rotatable bonds is 3. The van der Waals surface area contributed by atoms with Gasteiger partial charge in [-0.2, -0.15) is 0 Å². The van der Waals surface area contributed by atoms with Crippen molar-refractivity contribution in [1.29, 1.82) is 0 Å². The molecule has 0 bridgehead atoms. The third-order valence-corrected chi connectivity index (χ3v) is 6.19. The van der Waals surface area contributed by atoms with Crippen LogP contribution in [0.25, 0.3) is 22.4 Å². The van der Waals surface area contributed by atoms with Crippen LogP contribution in [-0.2, 0) is 4.74 Å². The zero-order chi connectivity index (χ0) is 20.9. The van der Waals surface area contributed by atoms with Gasteiger partial charge in [0.15, 0.2) is 17.5 Å². The molecular weight excluding hydrogens is 411 g/mol. The second kappa shape index (κ2) is 7.09. The summed E-state index contributed by atoms with van der Waals surface area (Å²) >= 11 is 6.07. The predicted octanol–water partition coefficient (Wildman–Crippen LogP) is 4.03. The van der Waals surface area contributed by atoms with Crippen LogP contribution in [0.5, 0.6) is 0 Å². The van der Waals surface area contributed by atoms with Gasteiger partial charge in [0.25, 0.3) is 0 Å². The van der Waals surface area contributed by atoms with Gasteiger partial charge in [-0.25, -0.2) is 24.1 Å². The van der Waals surface area contributed by atoms with E-state index in [1.54, 1.807) is 18.5 Å². The minimum absolute atomic E-state index is 0.0785. The van der Waals surface area contributed by atoms with E-state index in [-0.39, 0.29) is 17.9 Å². The smallest absolute Gasteiger partial charge is 0.408 e. The molecule has 8 nitrogen and oxygen atoms in total. The summed E-state index contributed by atoms with van der Waals surface area (Å²) in [6, 6.07) is 1.60. The average molecular weight is 431 g/mol. The van der Waals surface area contributed by atoms with Crippen LogP contribution in [0.3, 0.4) is 0 Å². The number of hydrogen-bond acceptors (Lipinski definition) is 6. The van der Waals surface area contributed by atoms with E-state index >= 15 is 0 Å². The number of nitrogens with one attached hydrogen (secondary N) is 3. The van der Waals surface area contributed by atoms with Gasteiger partial charge in [-0.15, -0.1) is 0 Å². The second-order valence-corrected chi connectivity index (χ2v) is 8.34. The monoisotopic (exact) mass is 430 g/mol. The largest absolute Gasteiger partial charge is 0.441 e. The molecule has 1 aliphatic carbocycles. The Bertz CT molecular complexity index is 1140. The molecule has 2 fully saturated rings. The Balaban J connectivity index is 1.43. The number of carbonyl (C=O) groups excluding carboxylic acids is 1. The molecule has 1 amide bonds. The van der Waals surface area contributed by atoms with Crippen molar-refractivity contribution in [2.24, 2.45) is 0 Å². The van der Waals surface area contributed by atoms with Crippen LogP contribution in [-0.4, -0.2) is 43.7 Å². The van der Waals surface area contributed by atoms with E-state index in [1.807, 2.05) is 6.92 Å². The predicted molar refractivity (Wildman–Crippen MR) is 110 cm³/mol. The zero-order valence-corrected chi connectivity index (χ0v) is 17.0. The topological polar surface area (TPSA) is 105 Å². The molecule has 10 heteroatoms. The Morgan fingerprint density at radius 2 is 2.23 bits per heavy atom. The summed E-state index contributed by atoms with van der Waals surface area (Å²) in [4.78, 5) is 27.6. The summed E-state index contributed by atoms with van der Waals surface area (Å²) in [5, 5.41) is 7.26. The van der Waals surface area contributed by atoms with Gasteiger partial charge in [0, 0.05) is 35.8 Å². The fraction of sp³-hybridized carbons (Fsp3) is 0.400. The average Bonchev–Trinajstić information content (AvgIpc) is 3.24. The molecule has 30 heavy (non-hydrogen) atoms. The highest BCUT2D eigenvalue weighted by Crippen LogP contribution is 2.39. The van der Waals surface area contributed by atoms with Crippen molar-refractivity contribution in [3.05, 3.63) is 35.5 Å². The summed E-state index contributed by atoms with van der Waals surface area (Å²) in [6.07, 6.45) is 7.09. The molecule has 1 saturated heterocycles. The van der Waals surface area contributed by atoms with E-state index in [1.165, 1.54) is 0 Å². The first-order valence-electron chi connectivity index (χ1n) is 9.85. The highest BCUT2D eigenvalue weighted by Gasteiger charge is 2.49. The van der Waals surface area contributed by atoms with Gasteiger partial charge >= 0.3 is 6.09 Å². The third-order valence-electron chi connectivity index (χ3n) is 5.99. The number of halogens is 2. The Morgan fingerprint density at radius 3 is 3.03 bits per heavy atom. The number of alkyl carbamates (subject to hydrolysis) is 1. The highest BCUT2D eigenvalue weighted by molar-refractivity contribution is 6.31. The summed E-state index contributed by atoms with van der Waals surface area (Å²) < 4.78 is 20.1. The lowest BCUT2D eigenvalue weighted by molar-refractivity contribution is 0.00441. The normalized spacial score (nSPS) is 26.0. The number of H-pyrrole nitrogens is 1. The van der Waals surface area contributed by atoms with Gasteiger partial charge in [0.05, 0.1) is 17.3 Å². The lowest BCUT2D eigenvalue weighted by atomic mass is 9.78. The molecule has 3 aromatic rings. The van der Waals surface area contributed by atoms with Crippen molar-refractivity contribution < 1.29 is 13.9 Å². The molecule has 5 rings (SSSR count). The number of anilines is 1. The van der Waals surface area contributed by atoms with E-state index in [0.717, 1.165) is 30.8 Å². The Morgan fingerprint density at radius 1 is 1.37 bits per heavy atom. The molecule has 2 aliphatic rings. The maximum atomic E-state index is 14.5.